The maximum Gasteiger partial charge on any atom is 0.220 e. The van der Waals surface area contributed by atoms with Crippen LogP contribution in [0.2, 0.25) is 0 Å². The SMILES string of the molecule is CCCCCCCCC/C=C/CC/C=C/C(O)C(COC1OC(CO)C(OC2OC(CO)C(O)C(O)C2O)C(O)C1O)NC(=O)CCCCCCCCCCCCCCCCCCCCCCCCCCCCCCCCCCCCC. The van der Waals surface area contributed by atoms with Crippen molar-refractivity contribution in [2.75, 3.05) is 19.8 Å². The molecule has 2 aliphatic rings. The molecule has 0 radical (unpaired) electrons. The fourth-order valence-electron chi connectivity index (χ4n) is 11.6. The fourth-order valence-corrected chi connectivity index (χ4v) is 11.6. The Bertz CT molecular complexity index is 1470. The zero-order valence-electron chi connectivity index (χ0n) is 52.5. The summed E-state index contributed by atoms with van der Waals surface area (Å²) in [5.41, 5.74) is 0. The van der Waals surface area contributed by atoms with Gasteiger partial charge >= 0.3 is 0 Å². The van der Waals surface area contributed by atoms with Gasteiger partial charge < -0.3 is 65.1 Å². The van der Waals surface area contributed by atoms with Crippen molar-refractivity contribution in [2.45, 2.75) is 383 Å². The molecule has 12 unspecified atom stereocenters. The number of allylic oxidation sites excluding steroid dienone is 3. The smallest absolute Gasteiger partial charge is 0.220 e. The van der Waals surface area contributed by atoms with Gasteiger partial charge in [-0.05, 0) is 32.1 Å². The zero-order chi connectivity index (χ0) is 59.5. The number of ether oxygens (including phenoxy) is 4. The Balaban J connectivity index is 1.58. The Kier molecular flexibility index (Phi) is 50.1. The van der Waals surface area contributed by atoms with Crippen LogP contribution in [0.3, 0.4) is 0 Å². The lowest BCUT2D eigenvalue weighted by atomic mass is 9.97. The van der Waals surface area contributed by atoms with E-state index in [2.05, 4.69) is 31.3 Å². The molecule has 0 aromatic heterocycles. The summed E-state index contributed by atoms with van der Waals surface area (Å²) in [6.45, 7) is 2.80. The fraction of sp³-hybridized carbons (Fsp3) is 0.926. The van der Waals surface area contributed by atoms with Crippen LogP contribution in [0.5, 0.6) is 0 Å². The van der Waals surface area contributed by atoms with Gasteiger partial charge in [0.2, 0.25) is 5.91 Å². The summed E-state index contributed by atoms with van der Waals surface area (Å²) >= 11 is 0. The van der Waals surface area contributed by atoms with Crippen LogP contribution in [0.1, 0.15) is 309 Å². The standard InChI is InChI=1S/C68H129NO13/c1-3-5-7-9-11-13-15-17-18-19-20-21-22-23-24-25-26-27-28-29-30-31-32-33-34-35-36-37-38-40-42-44-46-48-50-52-60(73)69-56(57(72)51-49-47-45-43-41-39-16-14-12-10-8-6-4-2)55-79-67-65(78)63(76)66(59(54-71)81-67)82-68-64(77)62(75)61(74)58(53-70)80-68/h41,43,49,51,56-59,61-68,70-72,74-78H,3-40,42,44-48,50,52-55H2,1-2H3,(H,69,73)/b43-41+,51-49+. The third kappa shape index (κ3) is 37.9. The topological polar surface area (TPSA) is 228 Å². The number of nitrogens with one attached hydrogen (secondary N) is 1. The van der Waals surface area contributed by atoms with Gasteiger partial charge in [-0.3, -0.25) is 4.79 Å². The van der Waals surface area contributed by atoms with Crippen LogP contribution in [-0.2, 0) is 23.7 Å². The maximum absolute atomic E-state index is 13.3. The van der Waals surface area contributed by atoms with E-state index in [0.717, 1.165) is 32.1 Å². The van der Waals surface area contributed by atoms with E-state index in [-0.39, 0.29) is 18.9 Å². The quantitative estimate of drug-likeness (QED) is 0.0204. The van der Waals surface area contributed by atoms with Crippen molar-refractivity contribution in [3.05, 3.63) is 24.3 Å². The van der Waals surface area contributed by atoms with Crippen molar-refractivity contribution in [2.24, 2.45) is 0 Å². The van der Waals surface area contributed by atoms with E-state index in [1.54, 1.807) is 6.08 Å². The first kappa shape index (κ1) is 76.6. The highest BCUT2D eigenvalue weighted by molar-refractivity contribution is 5.76. The first-order chi connectivity index (χ1) is 40.1. The lowest BCUT2D eigenvalue weighted by Crippen LogP contribution is -2.65. The number of carbonyl (C=O) groups is 1. The Morgan fingerprint density at radius 1 is 0.427 bits per heavy atom. The van der Waals surface area contributed by atoms with Crippen LogP contribution in [-0.4, -0.2) is 140 Å². The average Bonchev–Trinajstić information content (AvgIpc) is 3.67. The van der Waals surface area contributed by atoms with E-state index in [0.29, 0.717) is 12.8 Å². The largest absolute Gasteiger partial charge is 0.394 e. The predicted molar refractivity (Wildman–Crippen MR) is 332 cm³/mol. The van der Waals surface area contributed by atoms with Crippen LogP contribution in [0.4, 0.5) is 0 Å². The number of unbranched alkanes of at least 4 members (excludes halogenated alkanes) is 42. The molecule has 14 heteroatoms. The lowest BCUT2D eigenvalue weighted by Gasteiger charge is -2.46. The van der Waals surface area contributed by atoms with Gasteiger partial charge in [0.15, 0.2) is 12.6 Å². The molecule has 12 atom stereocenters. The Morgan fingerprint density at radius 3 is 1.20 bits per heavy atom. The normalized spacial score (nSPS) is 24.0. The van der Waals surface area contributed by atoms with Crippen molar-refractivity contribution in [3.8, 4) is 0 Å². The number of hydrogen-bond donors (Lipinski definition) is 9. The third-order valence-corrected chi connectivity index (χ3v) is 17.1. The van der Waals surface area contributed by atoms with Crippen LogP contribution >= 0.6 is 0 Å². The van der Waals surface area contributed by atoms with Crippen LogP contribution in [0.25, 0.3) is 0 Å². The van der Waals surface area contributed by atoms with Gasteiger partial charge in [0.05, 0.1) is 32.0 Å². The van der Waals surface area contributed by atoms with Crippen LogP contribution < -0.4 is 5.32 Å². The molecule has 0 aromatic rings. The van der Waals surface area contributed by atoms with E-state index < -0.39 is 86.8 Å². The van der Waals surface area contributed by atoms with Gasteiger partial charge in [0.25, 0.3) is 0 Å². The van der Waals surface area contributed by atoms with Crippen LogP contribution in [0.15, 0.2) is 24.3 Å². The summed E-state index contributed by atoms with van der Waals surface area (Å²) in [5, 5.41) is 87.1. The third-order valence-electron chi connectivity index (χ3n) is 17.1. The molecule has 0 aliphatic carbocycles. The molecule has 2 fully saturated rings. The average molecular weight is 1170 g/mol. The number of carbonyl (C=O) groups excluding carboxylic acids is 1. The minimum absolute atomic E-state index is 0.244. The van der Waals surface area contributed by atoms with Crippen molar-refractivity contribution >= 4 is 5.91 Å². The van der Waals surface area contributed by atoms with Crippen molar-refractivity contribution in [3.63, 3.8) is 0 Å². The summed E-state index contributed by atoms with van der Waals surface area (Å²) in [4.78, 5) is 13.3. The van der Waals surface area contributed by atoms with E-state index in [4.69, 9.17) is 18.9 Å². The number of aliphatic hydroxyl groups is 8. The van der Waals surface area contributed by atoms with E-state index >= 15 is 0 Å². The summed E-state index contributed by atoms with van der Waals surface area (Å²) < 4.78 is 22.8. The molecule has 0 saturated carbocycles. The minimum Gasteiger partial charge on any atom is -0.394 e. The molecule has 2 aliphatic heterocycles. The van der Waals surface area contributed by atoms with Crippen molar-refractivity contribution < 1.29 is 64.6 Å². The monoisotopic (exact) mass is 1170 g/mol. The summed E-state index contributed by atoms with van der Waals surface area (Å²) in [5.74, 6) is -0.244. The van der Waals surface area contributed by atoms with Gasteiger partial charge in [0.1, 0.15) is 48.8 Å². The van der Waals surface area contributed by atoms with E-state index in [1.165, 1.54) is 244 Å². The number of hydrogen-bond acceptors (Lipinski definition) is 13. The molecule has 2 rings (SSSR count). The molecule has 9 N–H and O–H groups in total. The number of amides is 1. The zero-order valence-corrected chi connectivity index (χ0v) is 52.5. The lowest BCUT2D eigenvalue weighted by molar-refractivity contribution is -0.359. The highest BCUT2D eigenvalue weighted by Gasteiger charge is 2.51. The molecule has 2 heterocycles. The highest BCUT2D eigenvalue weighted by atomic mass is 16.7. The molecule has 484 valence electrons. The van der Waals surface area contributed by atoms with Gasteiger partial charge in [-0.2, -0.15) is 0 Å². The molecule has 0 bridgehead atoms. The Hall–Kier alpha value is -1.53. The summed E-state index contributed by atoms with van der Waals surface area (Å²) in [6.07, 6.45) is 49.9. The van der Waals surface area contributed by atoms with Crippen LogP contribution in [0, 0.1) is 0 Å². The molecule has 0 spiro atoms. The van der Waals surface area contributed by atoms with E-state index in [9.17, 15) is 45.6 Å². The molecule has 14 nitrogen and oxygen atoms in total. The molecular formula is C68H129NO13. The van der Waals surface area contributed by atoms with Gasteiger partial charge in [-0.15, -0.1) is 0 Å². The first-order valence-electron chi connectivity index (χ1n) is 34.6. The molecule has 1 amide bonds. The molecule has 82 heavy (non-hydrogen) atoms. The number of aliphatic hydroxyl groups excluding tert-OH is 8. The van der Waals surface area contributed by atoms with E-state index in [1.807, 2.05) is 6.08 Å². The van der Waals surface area contributed by atoms with Crippen molar-refractivity contribution in [1.29, 1.82) is 0 Å². The summed E-state index contributed by atoms with van der Waals surface area (Å²) in [7, 11) is 0. The summed E-state index contributed by atoms with van der Waals surface area (Å²) in [6, 6.07) is -0.928. The van der Waals surface area contributed by atoms with Gasteiger partial charge in [-0.1, -0.05) is 295 Å². The maximum atomic E-state index is 13.3. The van der Waals surface area contributed by atoms with Gasteiger partial charge in [0, 0.05) is 6.42 Å². The molecule has 2 saturated heterocycles. The highest BCUT2D eigenvalue weighted by Crippen LogP contribution is 2.30. The second-order valence-electron chi connectivity index (χ2n) is 24.7. The Morgan fingerprint density at radius 2 is 0.780 bits per heavy atom. The molecular weight excluding hydrogens is 1040 g/mol. The second-order valence-corrected chi connectivity index (χ2v) is 24.7. The Labute approximate surface area is 500 Å². The minimum atomic E-state index is -1.79. The first-order valence-corrected chi connectivity index (χ1v) is 34.6. The number of rotatable bonds is 57. The van der Waals surface area contributed by atoms with Crippen molar-refractivity contribution in [1.82, 2.24) is 5.32 Å². The molecule has 0 aromatic carbocycles. The second kappa shape index (κ2) is 53.7. The predicted octanol–water partition coefficient (Wildman–Crippen LogP) is 13.6. The van der Waals surface area contributed by atoms with Gasteiger partial charge in [-0.25, -0.2) is 0 Å².